The molecule has 0 aromatic carbocycles. The summed E-state index contributed by atoms with van der Waals surface area (Å²) in [7, 11) is 0. The Balaban J connectivity index is 1.66. The van der Waals surface area contributed by atoms with E-state index >= 15 is 0 Å². The Bertz CT molecular complexity index is 1250. The topological polar surface area (TPSA) is 128 Å². The highest BCUT2D eigenvalue weighted by atomic mass is 16.5. The number of H-pyrrole nitrogens is 1. The largest absolute Gasteiger partial charge is 0.461 e. The summed E-state index contributed by atoms with van der Waals surface area (Å²) in [6.45, 7) is 7.65. The molecule has 33 heavy (non-hydrogen) atoms. The summed E-state index contributed by atoms with van der Waals surface area (Å²) in [5, 5.41) is 10.2. The molecule has 0 radical (unpaired) electrons. The number of pyridine rings is 2. The second-order valence-electron chi connectivity index (χ2n) is 7.87. The number of nitrogens with one attached hydrogen (secondary N) is 2. The van der Waals surface area contributed by atoms with Crippen LogP contribution in [0, 0.1) is 13.8 Å². The van der Waals surface area contributed by atoms with Crippen LogP contribution in [0.1, 0.15) is 25.0 Å². The average Bonchev–Trinajstić information content (AvgIpc) is 3.27. The van der Waals surface area contributed by atoms with Gasteiger partial charge in [0, 0.05) is 24.2 Å². The van der Waals surface area contributed by atoms with E-state index in [0.717, 1.165) is 16.7 Å². The van der Waals surface area contributed by atoms with E-state index in [0.29, 0.717) is 22.7 Å². The van der Waals surface area contributed by atoms with Gasteiger partial charge in [-0.25, -0.2) is 9.97 Å². The second-order valence-corrected chi connectivity index (χ2v) is 7.87. The van der Waals surface area contributed by atoms with E-state index in [1.54, 1.807) is 30.9 Å². The number of amides is 1. The first-order valence-corrected chi connectivity index (χ1v) is 10.5. The van der Waals surface area contributed by atoms with Gasteiger partial charge < -0.3 is 14.8 Å². The molecule has 10 heteroatoms. The van der Waals surface area contributed by atoms with Gasteiger partial charge in [0.05, 0.1) is 18.9 Å². The van der Waals surface area contributed by atoms with E-state index in [-0.39, 0.29) is 18.6 Å². The lowest BCUT2D eigenvalue weighted by Crippen LogP contribution is -2.38. The molecule has 170 valence electrons. The molecule has 0 bridgehead atoms. The molecule has 0 spiro atoms. The zero-order valence-corrected chi connectivity index (χ0v) is 18.9. The molecule has 0 aliphatic heterocycles. The van der Waals surface area contributed by atoms with Crippen molar-refractivity contribution in [2.45, 2.75) is 39.9 Å². The number of hydrogen-bond donors (Lipinski definition) is 2. The Morgan fingerprint density at radius 2 is 1.97 bits per heavy atom. The van der Waals surface area contributed by atoms with Crippen LogP contribution in [0.25, 0.3) is 22.4 Å². The minimum absolute atomic E-state index is 0.0301. The van der Waals surface area contributed by atoms with Crippen LogP contribution in [0.4, 0.5) is 5.82 Å². The van der Waals surface area contributed by atoms with Gasteiger partial charge in [-0.3, -0.25) is 14.9 Å². The summed E-state index contributed by atoms with van der Waals surface area (Å²) < 4.78 is 11.8. The molecule has 0 aliphatic carbocycles. The summed E-state index contributed by atoms with van der Waals surface area (Å²) in [5.41, 5.74) is 3.20. The monoisotopic (exact) mass is 447 g/mol. The van der Waals surface area contributed by atoms with E-state index in [1.165, 1.54) is 0 Å². The SMILES string of the molecule is Cc1ccc(NC(=O)[C@H](COC(C)C)Oc2nc(-c3ccncc3C)nc3[nH]ncc23)nc1. The van der Waals surface area contributed by atoms with Gasteiger partial charge in [0.2, 0.25) is 12.0 Å². The molecule has 1 atom stereocenters. The molecule has 4 heterocycles. The van der Waals surface area contributed by atoms with Crippen LogP contribution in [0.15, 0.2) is 43.0 Å². The van der Waals surface area contributed by atoms with Crippen molar-refractivity contribution < 1.29 is 14.3 Å². The van der Waals surface area contributed by atoms with Crippen molar-refractivity contribution in [3.63, 3.8) is 0 Å². The van der Waals surface area contributed by atoms with Crippen molar-refractivity contribution in [1.82, 2.24) is 30.1 Å². The summed E-state index contributed by atoms with van der Waals surface area (Å²) in [5.74, 6) is 0.687. The molecule has 0 saturated carbocycles. The van der Waals surface area contributed by atoms with Gasteiger partial charge in [-0.2, -0.15) is 10.1 Å². The third kappa shape index (κ3) is 5.29. The number of carbonyl (C=O) groups is 1. The van der Waals surface area contributed by atoms with Crippen molar-refractivity contribution in [2.75, 3.05) is 11.9 Å². The molecule has 0 unspecified atom stereocenters. The van der Waals surface area contributed by atoms with Gasteiger partial charge in [-0.15, -0.1) is 0 Å². The molecule has 1 amide bonds. The number of anilines is 1. The van der Waals surface area contributed by atoms with Crippen LogP contribution in [-0.2, 0) is 9.53 Å². The van der Waals surface area contributed by atoms with Crippen LogP contribution in [0.3, 0.4) is 0 Å². The number of aryl methyl sites for hydroxylation is 2. The predicted molar refractivity (Wildman–Crippen MR) is 123 cm³/mol. The van der Waals surface area contributed by atoms with Crippen molar-refractivity contribution in [3.8, 4) is 17.3 Å². The second kappa shape index (κ2) is 9.70. The Hall–Kier alpha value is -3.92. The smallest absolute Gasteiger partial charge is 0.269 e. The van der Waals surface area contributed by atoms with Gasteiger partial charge >= 0.3 is 0 Å². The lowest BCUT2D eigenvalue weighted by atomic mass is 10.1. The van der Waals surface area contributed by atoms with Gasteiger partial charge in [0.25, 0.3) is 5.91 Å². The number of aromatic amines is 1. The van der Waals surface area contributed by atoms with Gasteiger partial charge in [0.1, 0.15) is 11.2 Å². The number of rotatable bonds is 8. The number of fused-ring (bicyclic) bond motifs is 1. The summed E-state index contributed by atoms with van der Waals surface area (Å²) >= 11 is 0. The molecule has 2 N–H and O–H groups in total. The van der Waals surface area contributed by atoms with Crippen molar-refractivity contribution in [3.05, 3.63) is 54.1 Å². The van der Waals surface area contributed by atoms with Gasteiger partial charge in [-0.05, 0) is 51.0 Å². The molecule has 4 aromatic heterocycles. The molecular weight excluding hydrogens is 422 g/mol. The number of hydrogen-bond acceptors (Lipinski definition) is 8. The summed E-state index contributed by atoms with van der Waals surface area (Å²) in [6, 6.07) is 5.43. The van der Waals surface area contributed by atoms with Crippen LogP contribution < -0.4 is 10.1 Å². The zero-order valence-electron chi connectivity index (χ0n) is 18.9. The fourth-order valence-electron chi connectivity index (χ4n) is 3.07. The van der Waals surface area contributed by atoms with E-state index in [9.17, 15) is 4.79 Å². The highest BCUT2D eigenvalue weighted by Gasteiger charge is 2.25. The number of aromatic nitrogens is 6. The highest BCUT2D eigenvalue weighted by molar-refractivity contribution is 5.94. The average molecular weight is 447 g/mol. The van der Waals surface area contributed by atoms with Crippen LogP contribution >= 0.6 is 0 Å². The maximum Gasteiger partial charge on any atom is 0.269 e. The van der Waals surface area contributed by atoms with E-state index in [2.05, 4.69) is 35.5 Å². The highest BCUT2D eigenvalue weighted by Crippen LogP contribution is 2.27. The minimum Gasteiger partial charge on any atom is -0.461 e. The normalized spacial score (nSPS) is 12.2. The lowest BCUT2D eigenvalue weighted by molar-refractivity contribution is -0.126. The molecule has 0 aliphatic rings. The third-order valence-electron chi connectivity index (χ3n) is 4.83. The van der Waals surface area contributed by atoms with E-state index in [4.69, 9.17) is 9.47 Å². The Morgan fingerprint density at radius 3 is 2.70 bits per heavy atom. The number of carbonyl (C=O) groups excluding carboxylic acids is 1. The van der Waals surface area contributed by atoms with Gasteiger partial charge in [-0.1, -0.05) is 6.07 Å². The van der Waals surface area contributed by atoms with Crippen molar-refractivity contribution >= 4 is 22.8 Å². The first kappa shape index (κ1) is 22.3. The van der Waals surface area contributed by atoms with E-state index in [1.807, 2.05) is 39.8 Å². The molecule has 0 fully saturated rings. The molecular formula is C23H25N7O3. The standard InChI is InChI=1S/C23H25N7O3/c1-13(2)32-12-18(22(31)27-19-6-5-14(3)9-25-19)33-23-17-11-26-30-21(17)28-20(29-23)16-7-8-24-10-15(16)4/h5-11,13,18H,12H2,1-4H3,(H,25,27,31)(H,26,28,29,30)/t18-/m0/s1. The quantitative estimate of drug-likeness (QED) is 0.421. The van der Waals surface area contributed by atoms with Crippen LogP contribution in [-0.4, -0.2) is 54.9 Å². The van der Waals surface area contributed by atoms with E-state index < -0.39 is 12.0 Å². The fraction of sp³-hybridized carbons (Fsp3) is 0.304. The summed E-state index contributed by atoms with van der Waals surface area (Å²) in [4.78, 5) is 30.6. The molecule has 4 aromatic rings. The summed E-state index contributed by atoms with van der Waals surface area (Å²) in [6.07, 6.45) is 5.58. The lowest BCUT2D eigenvalue weighted by Gasteiger charge is -2.20. The number of ether oxygens (including phenoxy) is 2. The van der Waals surface area contributed by atoms with Crippen LogP contribution in [0.2, 0.25) is 0 Å². The molecule has 0 saturated heterocycles. The fourth-order valence-corrected chi connectivity index (χ4v) is 3.07. The Kier molecular flexibility index (Phi) is 6.55. The van der Waals surface area contributed by atoms with Crippen LogP contribution in [0.5, 0.6) is 5.88 Å². The first-order valence-electron chi connectivity index (χ1n) is 10.5. The number of nitrogens with zero attached hydrogens (tertiary/aromatic N) is 5. The van der Waals surface area contributed by atoms with Crippen molar-refractivity contribution in [2.24, 2.45) is 0 Å². The molecule has 4 rings (SSSR count). The van der Waals surface area contributed by atoms with Gasteiger partial charge in [0.15, 0.2) is 11.5 Å². The maximum atomic E-state index is 13.1. The third-order valence-corrected chi connectivity index (χ3v) is 4.83. The Labute approximate surface area is 190 Å². The maximum absolute atomic E-state index is 13.1. The Morgan fingerprint density at radius 1 is 1.12 bits per heavy atom. The first-order chi connectivity index (χ1) is 15.9. The molecule has 10 nitrogen and oxygen atoms in total. The zero-order chi connectivity index (χ0) is 23.4. The predicted octanol–water partition coefficient (Wildman–Crippen LogP) is 3.24. The minimum atomic E-state index is -0.977. The van der Waals surface area contributed by atoms with Crippen molar-refractivity contribution in [1.29, 1.82) is 0 Å².